The minimum Gasteiger partial charge on any atom is -0.373 e. The number of hydrogen-bond acceptors (Lipinski definition) is 6. The predicted octanol–water partition coefficient (Wildman–Crippen LogP) is 2.23. The predicted molar refractivity (Wildman–Crippen MR) is 83.8 cm³/mol. The van der Waals surface area contributed by atoms with Crippen LogP contribution in [-0.2, 0) is 16.3 Å². The molecule has 0 fully saturated rings. The van der Waals surface area contributed by atoms with Crippen molar-refractivity contribution >= 4 is 27.2 Å². The summed E-state index contributed by atoms with van der Waals surface area (Å²) in [6.45, 7) is 2.03. The van der Waals surface area contributed by atoms with Crippen LogP contribution in [0.15, 0.2) is 35.5 Å². The summed E-state index contributed by atoms with van der Waals surface area (Å²) in [7, 11) is -1.37. The summed E-state index contributed by atoms with van der Waals surface area (Å²) in [5.41, 5.74) is 1.75. The molecule has 1 aromatic carbocycles. The third kappa shape index (κ3) is 3.49. The molecule has 6 nitrogen and oxygen atoms in total. The standard InChI is InChI=1S/C14H18N4O2S/c1-4-12-13(15-2)16-9-17-14(12)18-10-5-7-11(8-6-10)21(3,19)20/h5-9H,4H2,1-3H3,(H2,15,16,17,18). The second-order valence-corrected chi connectivity index (χ2v) is 6.59. The van der Waals surface area contributed by atoms with Crippen LogP contribution in [0, 0.1) is 0 Å². The minimum absolute atomic E-state index is 0.294. The van der Waals surface area contributed by atoms with Gasteiger partial charge in [-0.15, -0.1) is 0 Å². The average molecular weight is 306 g/mol. The van der Waals surface area contributed by atoms with Crippen LogP contribution in [0.4, 0.5) is 17.3 Å². The lowest BCUT2D eigenvalue weighted by Crippen LogP contribution is -2.05. The average Bonchev–Trinajstić information content (AvgIpc) is 2.46. The molecule has 7 heteroatoms. The molecule has 0 spiro atoms. The van der Waals surface area contributed by atoms with Crippen molar-refractivity contribution in [3.05, 3.63) is 36.2 Å². The molecule has 2 N–H and O–H groups in total. The van der Waals surface area contributed by atoms with Crippen molar-refractivity contribution in [2.75, 3.05) is 23.9 Å². The molecule has 2 rings (SSSR count). The lowest BCUT2D eigenvalue weighted by atomic mass is 10.2. The number of rotatable bonds is 5. The van der Waals surface area contributed by atoms with E-state index in [-0.39, 0.29) is 0 Å². The van der Waals surface area contributed by atoms with Gasteiger partial charge >= 0.3 is 0 Å². The Hall–Kier alpha value is -2.15. The number of nitrogens with zero attached hydrogens (tertiary/aromatic N) is 2. The first-order valence-electron chi connectivity index (χ1n) is 6.54. The maximum absolute atomic E-state index is 11.4. The molecular formula is C14H18N4O2S. The second kappa shape index (κ2) is 6.09. The molecule has 0 aliphatic carbocycles. The maximum atomic E-state index is 11.4. The van der Waals surface area contributed by atoms with Gasteiger partial charge < -0.3 is 10.6 Å². The van der Waals surface area contributed by atoms with Crippen molar-refractivity contribution in [1.82, 2.24) is 9.97 Å². The summed E-state index contributed by atoms with van der Waals surface area (Å²) in [5, 5.41) is 6.22. The first-order chi connectivity index (χ1) is 9.95. The van der Waals surface area contributed by atoms with Gasteiger partial charge in [0.2, 0.25) is 0 Å². The Bertz CT molecular complexity index is 727. The molecule has 0 amide bonds. The fraction of sp³-hybridized carbons (Fsp3) is 0.286. The first kappa shape index (κ1) is 15.2. The van der Waals surface area contributed by atoms with E-state index in [1.54, 1.807) is 24.3 Å². The Morgan fingerprint density at radius 1 is 1.10 bits per heavy atom. The molecule has 1 aromatic heterocycles. The van der Waals surface area contributed by atoms with Gasteiger partial charge in [0.25, 0.3) is 0 Å². The normalized spacial score (nSPS) is 11.2. The largest absolute Gasteiger partial charge is 0.373 e. The Morgan fingerprint density at radius 3 is 2.24 bits per heavy atom. The maximum Gasteiger partial charge on any atom is 0.175 e. The first-order valence-corrected chi connectivity index (χ1v) is 8.43. The number of aromatic nitrogens is 2. The molecule has 0 aliphatic rings. The van der Waals surface area contributed by atoms with E-state index in [2.05, 4.69) is 20.6 Å². The fourth-order valence-corrected chi connectivity index (χ4v) is 2.62. The van der Waals surface area contributed by atoms with E-state index >= 15 is 0 Å². The van der Waals surface area contributed by atoms with E-state index < -0.39 is 9.84 Å². The van der Waals surface area contributed by atoms with E-state index in [4.69, 9.17) is 0 Å². The molecule has 0 saturated carbocycles. The zero-order valence-electron chi connectivity index (χ0n) is 12.2. The van der Waals surface area contributed by atoms with Crippen LogP contribution < -0.4 is 10.6 Å². The summed E-state index contributed by atoms with van der Waals surface area (Å²) in [5.74, 6) is 1.49. The van der Waals surface area contributed by atoms with Crippen LogP contribution in [0.3, 0.4) is 0 Å². The summed E-state index contributed by atoms with van der Waals surface area (Å²) in [6.07, 6.45) is 3.45. The fourth-order valence-electron chi connectivity index (χ4n) is 1.99. The number of sulfone groups is 1. The van der Waals surface area contributed by atoms with Gasteiger partial charge in [0.15, 0.2) is 9.84 Å². The Kier molecular flexibility index (Phi) is 4.42. The summed E-state index contributed by atoms with van der Waals surface area (Å²) < 4.78 is 22.9. The zero-order valence-corrected chi connectivity index (χ0v) is 13.0. The highest BCUT2D eigenvalue weighted by Gasteiger charge is 2.10. The molecule has 0 atom stereocenters. The van der Waals surface area contributed by atoms with Gasteiger partial charge in [0, 0.05) is 24.6 Å². The van der Waals surface area contributed by atoms with Crippen molar-refractivity contribution in [2.45, 2.75) is 18.2 Å². The molecule has 0 bridgehead atoms. The minimum atomic E-state index is -3.18. The van der Waals surface area contributed by atoms with E-state index in [1.807, 2.05) is 14.0 Å². The van der Waals surface area contributed by atoms with Crippen LogP contribution in [0.1, 0.15) is 12.5 Å². The molecule has 0 radical (unpaired) electrons. The molecule has 0 saturated heterocycles. The van der Waals surface area contributed by atoms with Crippen LogP contribution in [0.2, 0.25) is 0 Å². The van der Waals surface area contributed by atoms with Gasteiger partial charge in [0.05, 0.1) is 4.90 Å². The topological polar surface area (TPSA) is 84.0 Å². The third-order valence-corrected chi connectivity index (χ3v) is 4.21. The Morgan fingerprint density at radius 2 is 1.71 bits per heavy atom. The molecular weight excluding hydrogens is 288 g/mol. The lowest BCUT2D eigenvalue weighted by molar-refractivity contribution is 0.602. The van der Waals surface area contributed by atoms with Crippen molar-refractivity contribution < 1.29 is 8.42 Å². The van der Waals surface area contributed by atoms with Crippen LogP contribution in [0.25, 0.3) is 0 Å². The summed E-state index contributed by atoms with van der Waals surface area (Å²) in [4.78, 5) is 8.71. The van der Waals surface area contributed by atoms with Gasteiger partial charge in [0.1, 0.15) is 18.0 Å². The number of benzene rings is 1. The quantitative estimate of drug-likeness (QED) is 0.881. The van der Waals surface area contributed by atoms with Gasteiger partial charge in [-0.05, 0) is 30.7 Å². The number of anilines is 3. The van der Waals surface area contributed by atoms with Gasteiger partial charge in [-0.1, -0.05) is 6.92 Å². The number of nitrogens with one attached hydrogen (secondary N) is 2. The number of hydrogen-bond donors (Lipinski definition) is 2. The van der Waals surface area contributed by atoms with Crippen LogP contribution in [-0.4, -0.2) is 31.7 Å². The smallest absolute Gasteiger partial charge is 0.175 e. The Labute approximate surface area is 124 Å². The summed E-state index contributed by atoms with van der Waals surface area (Å²) >= 11 is 0. The highest BCUT2D eigenvalue weighted by molar-refractivity contribution is 7.90. The zero-order chi connectivity index (χ0) is 15.5. The van der Waals surface area contributed by atoms with E-state index in [9.17, 15) is 8.42 Å². The van der Waals surface area contributed by atoms with Crippen molar-refractivity contribution in [1.29, 1.82) is 0 Å². The molecule has 2 aromatic rings. The van der Waals surface area contributed by atoms with E-state index in [1.165, 1.54) is 12.6 Å². The molecule has 1 heterocycles. The van der Waals surface area contributed by atoms with Crippen LogP contribution in [0.5, 0.6) is 0 Å². The van der Waals surface area contributed by atoms with Crippen molar-refractivity contribution in [3.8, 4) is 0 Å². The van der Waals surface area contributed by atoms with Gasteiger partial charge in [-0.2, -0.15) is 0 Å². The lowest BCUT2D eigenvalue weighted by Gasteiger charge is -2.13. The van der Waals surface area contributed by atoms with Crippen LogP contribution >= 0.6 is 0 Å². The third-order valence-electron chi connectivity index (χ3n) is 3.08. The van der Waals surface area contributed by atoms with Crippen molar-refractivity contribution in [3.63, 3.8) is 0 Å². The monoisotopic (exact) mass is 306 g/mol. The highest BCUT2D eigenvalue weighted by atomic mass is 32.2. The molecule has 21 heavy (non-hydrogen) atoms. The van der Waals surface area contributed by atoms with Gasteiger partial charge in [-0.3, -0.25) is 0 Å². The SMILES string of the molecule is CCc1c(NC)ncnc1Nc1ccc(S(C)(=O)=O)cc1. The van der Waals surface area contributed by atoms with Gasteiger partial charge in [-0.25, -0.2) is 18.4 Å². The molecule has 112 valence electrons. The van der Waals surface area contributed by atoms with E-state index in [0.717, 1.165) is 23.5 Å². The van der Waals surface area contributed by atoms with Crippen molar-refractivity contribution in [2.24, 2.45) is 0 Å². The Balaban J connectivity index is 2.30. The highest BCUT2D eigenvalue weighted by Crippen LogP contribution is 2.24. The second-order valence-electron chi connectivity index (χ2n) is 4.57. The molecule has 0 unspecified atom stereocenters. The van der Waals surface area contributed by atoms with E-state index in [0.29, 0.717) is 10.7 Å². The molecule has 0 aliphatic heterocycles. The summed E-state index contributed by atoms with van der Waals surface area (Å²) in [6, 6.07) is 6.58.